The summed E-state index contributed by atoms with van der Waals surface area (Å²) >= 11 is 0. The third kappa shape index (κ3) is 1.52. The topological polar surface area (TPSA) is 91.5 Å². The molecule has 0 bridgehead atoms. The molecule has 2 aromatic rings. The highest BCUT2D eigenvalue weighted by molar-refractivity contribution is 5.74. The van der Waals surface area contributed by atoms with Crippen molar-refractivity contribution in [2.45, 2.75) is 18.7 Å². The van der Waals surface area contributed by atoms with E-state index in [0.717, 1.165) is 0 Å². The summed E-state index contributed by atoms with van der Waals surface area (Å²) in [6, 6.07) is 6.79. The van der Waals surface area contributed by atoms with Gasteiger partial charge in [-0.3, -0.25) is 0 Å². The molecule has 1 aliphatic rings. The molecule has 1 saturated heterocycles. The van der Waals surface area contributed by atoms with Crippen LogP contribution in [0.1, 0.15) is 12.6 Å². The number of benzene rings is 1. The predicted molar refractivity (Wildman–Crippen MR) is 61.9 cm³/mol. The molecular formula is C11H12N4O3. The zero-order chi connectivity index (χ0) is 12.7. The Morgan fingerprint density at radius 3 is 2.89 bits per heavy atom. The summed E-state index contributed by atoms with van der Waals surface area (Å²) in [7, 11) is 0. The van der Waals surface area contributed by atoms with Crippen LogP contribution in [0.3, 0.4) is 0 Å². The van der Waals surface area contributed by atoms with Gasteiger partial charge in [0.2, 0.25) is 0 Å². The second-order valence-electron chi connectivity index (χ2n) is 4.27. The Morgan fingerprint density at radius 1 is 1.44 bits per heavy atom. The van der Waals surface area contributed by atoms with Crippen molar-refractivity contribution in [3.63, 3.8) is 0 Å². The fourth-order valence-corrected chi connectivity index (χ4v) is 2.20. The van der Waals surface area contributed by atoms with Crippen LogP contribution in [0.15, 0.2) is 24.3 Å². The molecule has 1 fully saturated rings. The molecule has 2 unspecified atom stereocenters. The average molecular weight is 248 g/mol. The molecule has 1 aromatic heterocycles. The maximum atomic E-state index is 10.9. The van der Waals surface area contributed by atoms with Crippen LogP contribution in [0.5, 0.6) is 0 Å². The van der Waals surface area contributed by atoms with E-state index in [1.165, 1.54) is 9.58 Å². The Hall–Kier alpha value is -2.15. The second kappa shape index (κ2) is 3.95. The maximum Gasteiger partial charge on any atom is 0.407 e. The van der Waals surface area contributed by atoms with Gasteiger partial charge in [0.25, 0.3) is 0 Å². The highest BCUT2D eigenvalue weighted by Crippen LogP contribution is 2.27. The fraction of sp³-hybridized carbons (Fsp3) is 0.364. The number of fused-ring (bicyclic) bond motifs is 1. The Balaban J connectivity index is 1.93. The molecule has 18 heavy (non-hydrogen) atoms. The van der Waals surface area contributed by atoms with E-state index in [0.29, 0.717) is 24.0 Å². The molecule has 0 saturated carbocycles. The van der Waals surface area contributed by atoms with Crippen molar-refractivity contribution in [2.75, 3.05) is 6.54 Å². The van der Waals surface area contributed by atoms with Gasteiger partial charge in [-0.15, -0.1) is 5.10 Å². The molecule has 94 valence electrons. The van der Waals surface area contributed by atoms with Crippen molar-refractivity contribution in [3.05, 3.63) is 24.3 Å². The van der Waals surface area contributed by atoms with Gasteiger partial charge in [-0.25, -0.2) is 9.48 Å². The van der Waals surface area contributed by atoms with Crippen LogP contribution in [0.25, 0.3) is 11.0 Å². The maximum absolute atomic E-state index is 10.9. The van der Waals surface area contributed by atoms with Crippen molar-refractivity contribution in [1.82, 2.24) is 19.9 Å². The van der Waals surface area contributed by atoms with Crippen LogP contribution in [-0.4, -0.2) is 48.8 Å². The molecule has 1 aromatic carbocycles. The van der Waals surface area contributed by atoms with Gasteiger partial charge in [-0.1, -0.05) is 17.3 Å². The van der Waals surface area contributed by atoms with Gasteiger partial charge in [-0.2, -0.15) is 0 Å². The van der Waals surface area contributed by atoms with Crippen molar-refractivity contribution in [3.8, 4) is 0 Å². The Labute approximate surface area is 102 Å². The molecular weight excluding hydrogens is 236 g/mol. The molecule has 3 rings (SSSR count). The van der Waals surface area contributed by atoms with Gasteiger partial charge in [0.15, 0.2) is 6.23 Å². The lowest BCUT2D eigenvalue weighted by Gasteiger charge is -2.41. The third-order valence-electron chi connectivity index (χ3n) is 3.28. The molecule has 2 atom stereocenters. The highest BCUT2D eigenvalue weighted by atomic mass is 16.4. The molecule has 2 heterocycles. The molecule has 0 radical (unpaired) electrons. The average Bonchev–Trinajstić information content (AvgIpc) is 2.70. The van der Waals surface area contributed by atoms with Crippen LogP contribution in [0.2, 0.25) is 0 Å². The summed E-state index contributed by atoms with van der Waals surface area (Å²) in [5, 5.41) is 27.0. The minimum atomic E-state index is -1.02. The first-order valence-electron chi connectivity index (χ1n) is 5.66. The number of rotatable bonds is 2. The number of nitrogens with zero attached hydrogens (tertiary/aromatic N) is 4. The summed E-state index contributed by atoms with van der Waals surface area (Å²) in [5.74, 6) is 0. The van der Waals surface area contributed by atoms with Crippen LogP contribution < -0.4 is 0 Å². The molecule has 7 heteroatoms. The van der Waals surface area contributed by atoms with Crippen molar-refractivity contribution >= 4 is 17.1 Å². The number of carboxylic acid groups (broad SMARTS) is 1. The summed E-state index contributed by atoms with van der Waals surface area (Å²) < 4.78 is 1.37. The number of carbonyl (C=O) groups is 1. The number of likely N-dealkylation sites (tertiary alicyclic amines) is 1. The monoisotopic (exact) mass is 248 g/mol. The number of amides is 1. The van der Waals surface area contributed by atoms with Gasteiger partial charge in [0, 0.05) is 6.54 Å². The van der Waals surface area contributed by atoms with Gasteiger partial charge < -0.3 is 15.1 Å². The first kappa shape index (κ1) is 11.0. The molecule has 1 aliphatic heterocycles. The summed E-state index contributed by atoms with van der Waals surface area (Å²) in [6.07, 6.45) is -1.39. The van der Waals surface area contributed by atoms with Crippen LogP contribution >= 0.6 is 0 Å². The molecule has 0 spiro atoms. The third-order valence-corrected chi connectivity index (χ3v) is 3.28. The van der Waals surface area contributed by atoms with Gasteiger partial charge >= 0.3 is 6.09 Å². The molecule has 7 nitrogen and oxygen atoms in total. The lowest BCUT2D eigenvalue weighted by molar-refractivity contribution is -0.0458. The second-order valence-corrected chi connectivity index (χ2v) is 4.27. The van der Waals surface area contributed by atoms with Gasteiger partial charge in [0.05, 0.1) is 11.6 Å². The molecule has 0 aliphatic carbocycles. The lowest BCUT2D eigenvalue weighted by Crippen LogP contribution is -2.54. The summed E-state index contributed by atoms with van der Waals surface area (Å²) in [6.45, 7) is 0.448. The number of aliphatic hydroxyl groups excluding tert-OH is 1. The van der Waals surface area contributed by atoms with Gasteiger partial charge in [-0.05, 0) is 18.6 Å². The van der Waals surface area contributed by atoms with E-state index in [9.17, 15) is 9.90 Å². The number of aliphatic hydroxyl groups is 1. The van der Waals surface area contributed by atoms with E-state index in [-0.39, 0.29) is 0 Å². The first-order valence-corrected chi connectivity index (χ1v) is 5.66. The van der Waals surface area contributed by atoms with E-state index < -0.39 is 18.4 Å². The van der Waals surface area contributed by atoms with E-state index in [2.05, 4.69) is 10.3 Å². The zero-order valence-corrected chi connectivity index (χ0v) is 9.47. The first-order chi connectivity index (χ1) is 8.68. The Kier molecular flexibility index (Phi) is 2.41. The standard InChI is InChI=1S/C11H12N4O3/c16-10(9-5-6-14(9)11(17)18)15-8-4-2-1-3-7(8)12-13-15/h1-4,9-10,16H,5-6H2,(H,17,18). The molecule has 1 amide bonds. The van der Waals surface area contributed by atoms with Gasteiger partial charge in [0.1, 0.15) is 5.52 Å². The smallest absolute Gasteiger partial charge is 0.407 e. The van der Waals surface area contributed by atoms with E-state index in [1.54, 1.807) is 12.1 Å². The fourth-order valence-electron chi connectivity index (χ4n) is 2.20. The summed E-state index contributed by atoms with van der Waals surface area (Å²) in [4.78, 5) is 12.1. The van der Waals surface area contributed by atoms with Crippen LogP contribution in [0.4, 0.5) is 4.79 Å². The van der Waals surface area contributed by atoms with Crippen molar-refractivity contribution < 1.29 is 15.0 Å². The highest BCUT2D eigenvalue weighted by Gasteiger charge is 2.39. The quantitative estimate of drug-likeness (QED) is 0.815. The lowest BCUT2D eigenvalue weighted by atomic mass is 10.0. The van der Waals surface area contributed by atoms with E-state index in [4.69, 9.17) is 5.11 Å². The Bertz CT molecular complexity index is 597. The van der Waals surface area contributed by atoms with Crippen LogP contribution in [-0.2, 0) is 0 Å². The molecule has 2 N–H and O–H groups in total. The SMILES string of the molecule is O=C(O)N1CCC1C(O)n1nnc2ccccc21. The minimum absolute atomic E-state index is 0.448. The number of hydrogen-bond donors (Lipinski definition) is 2. The predicted octanol–water partition coefficient (Wildman–Crippen LogP) is 0.674. The van der Waals surface area contributed by atoms with E-state index >= 15 is 0 Å². The van der Waals surface area contributed by atoms with E-state index in [1.807, 2.05) is 12.1 Å². The van der Waals surface area contributed by atoms with Crippen molar-refractivity contribution in [1.29, 1.82) is 0 Å². The van der Waals surface area contributed by atoms with Crippen LogP contribution in [0, 0.1) is 0 Å². The zero-order valence-electron chi connectivity index (χ0n) is 9.47. The Morgan fingerprint density at radius 2 is 2.22 bits per heavy atom. The largest absolute Gasteiger partial charge is 0.465 e. The summed E-state index contributed by atoms with van der Waals surface area (Å²) in [5.41, 5.74) is 1.37. The number of aromatic nitrogens is 3. The number of hydrogen-bond acceptors (Lipinski definition) is 4. The number of para-hydroxylation sites is 1. The minimum Gasteiger partial charge on any atom is -0.465 e. The normalized spacial score (nSPS) is 20.7. The van der Waals surface area contributed by atoms with Crippen molar-refractivity contribution in [2.24, 2.45) is 0 Å².